The van der Waals surface area contributed by atoms with Gasteiger partial charge in [0.2, 0.25) is 5.91 Å². The standard InChI is InChI=1S/C18H26N4O2/c1-3-22-15-7-5-4-6-14(15)21-17(22)12(2)20-18(23)16(19)13-8-10-24-11-9-13/h4-7,12-13,16H,3,8-11,19H2,1-2H3,(H,20,23). The van der Waals surface area contributed by atoms with Crippen molar-refractivity contribution in [2.24, 2.45) is 11.7 Å². The molecule has 1 amide bonds. The van der Waals surface area contributed by atoms with E-state index >= 15 is 0 Å². The molecule has 24 heavy (non-hydrogen) atoms. The monoisotopic (exact) mass is 330 g/mol. The fourth-order valence-electron chi connectivity index (χ4n) is 3.42. The number of aromatic nitrogens is 2. The van der Waals surface area contributed by atoms with E-state index in [0.717, 1.165) is 36.2 Å². The summed E-state index contributed by atoms with van der Waals surface area (Å²) < 4.78 is 7.48. The summed E-state index contributed by atoms with van der Waals surface area (Å²) in [4.78, 5) is 17.2. The number of aryl methyl sites for hydroxylation is 1. The van der Waals surface area contributed by atoms with Gasteiger partial charge < -0.3 is 20.4 Å². The number of para-hydroxylation sites is 2. The van der Waals surface area contributed by atoms with Gasteiger partial charge in [0.15, 0.2) is 0 Å². The zero-order valence-corrected chi connectivity index (χ0v) is 14.4. The van der Waals surface area contributed by atoms with Crippen LogP contribution in [-0.4, -0.2) is 34.7 Å². The van der Waals surface area contributed by atoms with Crippen LogP contribution in [0.3, 0.4) is 0 Å². The highest BCUT2D eigenvalue weighted by atomic mass is 16.5. The van der Waals surface area contributed by atoms with E-state index in [1.807, 2.05) is 25.1 Å². The minimum Gasteiger partial charge on any atom is -0.381 e. The molecule has 1 aliphatic rings. The van der Waals surface area contributed by atoms with Gasteiger partial charge in [-0.05, 0) is 44.7 Å². The van der Waals surface area contributed by atoms with Crippen molar-refractivity contribution in [3.63, 3.8) is 0 Å². The fourth-order valence-corrected chi connectivity index (χ4v) is 3.42. The van der Waals surface area contributed by atoms with Crippen molar-refractivity contribution in [3.8, 4) is 0 Å². The van der Waals surface area contributed by atoms with E-state index < -0.39 is 6.04 Å². The van der Waals surface area contributed by atoms with Crippen LogP contribution in [-0.2, 0) is 16.1 Å². The van der Waals surface area contributed by atoms with Crippen molar-refractivity contribution < 1.29 is 9.53 Å². The van der Waals surface area contributed by atoms with Gasteiger partial charge in [-0.3, -0.25) is 4.79 Å². The van der Waals surface area contributed by atoms with Gasteiger partial charge in [-0.15, -0.1) is 0 Å². The Morgan fingerprint density at radius 1 is 1.42 bits per heavy atom. The molecule has 2 atom stereocenters. The van der Waals surface area contributed by atoms with Crippen LogP contribution in [0.2, 0.25) is 0 Å². The van der Waals surface area contributed by atoms with Crippen molar-refractivity contribution in [1.82, 2.24) is 14.9 Å². The molecule has 0 spiro atoms. The summed E-state index contributed by atoms with van der Waals surface area (Å²) in [6.45, 7) is 6.23. The molecule has 1 saturated heterocycles. The number of hydrogen-bond acceptors (Lipinski definition) is 4. The van der Waals surface area contributed by atoms with Crippen molar-refractivity contribution in [2.45, 2.75) is 45.3 Å². The number of benzene rings is 1. The lowest BCUT2D eigenvalue weighted by molar-refractivity contribution is -0.125. The van der Waals surface area contributed by atoms with E-state index in [9.17, 15) is 4.79 Å². The second kappa shape index (κ2) is 7.32. The third kappa shape index (κ3) is 3.30. The van der Waals surface area contributed by atoms with Crippen molar-refractivity contribution in [2.75, 3.05) is 13.2 Å². The Kier molecular flexibility index (Phi) is 5.16. The van der Waals surface area contributed by atoms with Crippen LogP contribution in [0.1, 0.15) is 38.6 Å². The molecule has 1 aromatic heterocycles. The zero-order valence-electron chi connectivity index (χ0n) is 14.4. The van der Waals surface area contributed by atoms with Gasteiger partial charge in [0.1, 0.15) is 5.82 Å². The zero-order chi connectivity index (χ0) is 17.1. The SMILES string of the molecule is CCn1c(C(C)NC(=O)C(N)C2CCOCC2)nc2ccccc21. The fraction of sp³-hybridized carbons (Fsp3) is 0.556. The number of nitrogens with zero attached hydrogens (tertiary/aromatic N) is 2. The maximum Gasteiger partial charge on any atom is 0.237 e. The van der Waals surface area contributed by atoms with E-state index in [4.69, 9.17) is 15.5 Å². The van der Waals surface area contributed by atoms with Gasteiger partial charge in [-0.25, -0.2) is 4.98 Å². The quantitative estimate of drug-likeness (QED) is 0.878. The Morgan fingerprint density at radius 2 is 2.12 bits per heavy atom. The van der Waals surface area contributed by atoms with Gasteiger partial charge in [0.25, 0.3) is 0 Å². The topological polar surface area (TPSA) is 82.2 Å². The number of ether oxygens (including phenoxy) is 1. The van der Waals surface area contributed by atoms with Crippen LogP contribution in [0, 0.1) is 5.92 Å². The lowest BCUT2D eigenvalue weighted by Gasteiger charge is -2.27. The van der Waals surface area contributed by atoms with Crippen LogP contribution in [0.15, 0.2) is 24.3 Å². The molecule has 0 radical (unpaired) electrons. The number of nitrogens with two attached hydrogens (primary N) is 1. The molecule has 0 aliphatic carbocycles. The summed E-state index contributed by atoms with van der Waals surface area (Å²) in [5.41, 5.74) is 8.21. The Hall–Kier alpha value is -1.92. The summed E-state index contributed by atoms with van der Waals surface area (Å²) in [5.74, 6) is 0.950. The maximum absolute atomic E-state index is 12.5. The first-order valence-corrected chi connectivity index (χ1v) is 8.70. The lowest BCUT2D eigenvalue weighted by Crippen LogP contribution is -2.47. The number of hydrogen-bond donors (Lipinski definition) is 2. The molecular formula is C18H26N4O2. The molecule has 0 saturated carbocycles. The van der Waals surface area contributed by atoms with Gasteiger partial charge in [-0.2, -0.15) is 0 Å². The minimum atomic E-state index is -0.490. The Balaban J connectivity index is 1.74. The molecule has 2 aromatic rings. The second-order valence-electron chi connectivity index (χ2n) is 6.41. The molecular weight excluding hydrogens is 304 g/mol. The number of imidazole rings is 1. The van der Waals surface area contributed by atoms with E-state index in [1.54, 1.807) is 0 Å². The van der Waals surface area contributed by atoms with E-state index in [2.05, 4.69) is 22.9 Å². The third-order valence-corrected chi connectivity index (χ3v) is 4.82. The van der Waals surface area contributed by atoms with Crippen LogP contribution in [0.4, 0.5) is 0 Å². The van der Waals surface area contributed by atoms with Crippen LogP contribution in [0.25, 0.3) is 11.0 Å². The molecule has 0 bridgehead atoms. The second-order valence-corrected chi connectivity index (χ2v) is 6.41. The largest absolute Gasteiger partial charge is 0.381 e. The summed E-state index contributed by atoms with van der Waals surface area (Å²) in [6.07, 6.45) is 1.69. The summed E-state index contributed by atoms with van der Waals surface area (Å²) >= 11 is 0. The number of rotatable bonds is 5. The van der Waals surface area contributed by atoms with Gasteiger partial charge in [0, 0.05) is 19.8 Å². The Bertz CT molecular complexity index is 706. The van der Waals surface area contributed by atoms with Gasteiger partial charge in [0.05, 0.1) is 23.1 Å². The minimum absolute atomic E-state index is 0.107. The average molecular weight is 330 g/mol. The molecule has 130 valence electrons. The van der Waals surface area contributed by atoms with Crippen molar-refractivity contribution >= 4 is 16.9 Å². The first-order valence-electron chi connectivity index (χ1n) is 8.70. The van der Waals surface area contributed by atoms with Gasteiger partial charge >= 0.3 is 0 Å². The van der Waals surface area contributed by atoms with Crippen LogP contribution < -0.4 is 11.1 Å². The first kappa shape index (κ1) is 16.9. The number of carbonyl (C=O) groups is 1. The van der Waals surface area contributed by atoms with E-state index in [1.165, 1.54) is 0 Å². The summed E-state index contributed by atoms with van der Waals surface area (Å²) in [6, 6.07) is 7.35. The third-order valence-electron chi connectivity index (χ3n) is 4.82. The smallest absolute Gasteiger partial charge is 0.237 e. The predicted octanol–water partition coefficient (Wildman–Crippen LogP) is 1.99. The average Bonchev–Trinajstić information content (AvgIpc) is 3.00. The molecule has 3 rings (SSSR count). The molecule has 3 N–H and O–H groups in total. The molecule has 6 nitrogen and oxygen atoms in total. The highest BCUT2D eigenvalue weighted by Gasteiger charge is 2.28. The lowest BCUT2D eigenvalue weighted by atomic mass is 9.91. The Morgan fingerprint density at radius 3 is 2.83 bits per heavy atom. The maximum atomic E-state index is 12.5. The summed E-state index contributed by atoms with van der Waals surface area (Å²) in [7, 11) is 0. The number of nitrogens with one attached hydrogen (secondary N) is 1. The Labute approximate surface area is 142 Å². The van der Waals surface area contributed by atoms with E-state index in [-0.39, 0.29) is 17.9 Å². The van der Waals surface area contributed by atoms with E-state index in [0.29, 0.717) is 13.2 Å². The highest BCUT2D eigenvalue weighted by Crippen LogP contribution is 2.22. The van der Waals surface area contributed by atoms with Crippen molar-refractivity contribution in [3.05, 3.63) is 30.1 Å². The molecule has 6 heteroatoms. The first-order chi connectivity index (χ1) is 11.6. The van der Waals surface area contributed by atoms with Gasteiger partial charge in [-0.1, -0.05) is 12.1 Å². The normalized spacial score (nSPS) is 18.5. The highest BCUT2D eigenvalue weighted by molar-refractivity contribution is 5.82. The molecule has 2 heterocycles. The van der Waals surface area contributed by atoms with Crippen molar-refractivity contribution in [1.29, 1.82) is 0 Å². The van der Waals surface area contributed by atoms with Crippen LogP contribution >= 0.6 is 0 Å². The number of carbonyl (C=O) groups excluding carboxylic acids is 1. The molecule has 1 aliphatic heterocycles. The molecule has 1 aromatic carbocycles. The molecule has 2 unspecified atom stereocenters. The summed E-state index contributed by atoms with van der Waals surface area (Å²) in [5, 5.41) is 3.04. The number of amides is 1. The van der Waals surface area contributed by atoms with Crippen LogP contribution in [0.5, 0.6) is 0 Å². The molecule has 1 fully saturated rings. The predicted molar refractivity (Wildman–Crippen MR) is 93.5 cm³/mol. The number of fused-ring (bicyclic) bond motifs is 1.